The average Bonchev–Trinajstić information content (AvgIpc) is 2.98. The van der Waals surface area contributed by atoms with E-state index < -0.39 is 18.0 Å². The summed E-state index contributed by atoms with van der Waals surface area (Å²) in [5.41, 5.74) is 6.05. The van der Waals surface area contributed by atoms with Crippen LogP contribution in [0, 0.1) is 11.2 Å². The molecule has 1 amide bonds. The van der Waals surface area contributed by atoms with Crippen LogP contribution in [0.25, 0.3) is 0 Å². The number of nitrogens with two attached hydrogens (primary N) is 1. The monoisotopic (exact) mass is 369 g/mol. The fraction of sp³-hybridized carbons (Fsp3) is 0.400. The van der Waals surface area contributed by atoms with Gasteiger partial charge in [0.15, 0.2) is 0 Å². The Morgan fingerprint density at radius 3 is 3.04 bits per heavy atom. The Kier molecular flexibility index (Phi) is 6.48. The number of anilines is 2. The van der Waals surface area contributed by atoms with E-state index in [2.05, 4.69) is 5.32 Å². The maximum atomic E-state index is 14.4. The molecule has 0 aliphatic carbocycles. The van der Waals surface area contributed by atoms with Gasteiger partial charge in [0, 0.05) is 13.1 Å². The zero-order valence-corrected chi connectivity index (χ0v) is 14.5. The summed E-state index contributed by atoms with van der Waals surface area (Å²) in [5.74, 6) is -0.551. The van der Waals surface area contributed by atoms with E-state index in [4.69, 9.17) is 32.8 Å². The molecule has 1 aromatic carbocycles. The van der Waals surface area contributed by atoms with Crippen molar-refractivity contribution in [3.63, 3.8) is 0 Å². The molecule has 0 bridgehead atoms. The van der Waals surface area contributed by atoms with Gasteiger partial charge in [0.05, 0.1) is 37.9 Å². The zero-order chi connectivity index (χ0) is 18.4. The van der Waals surface area contributed by atoms with Crippen LogP contribution in [0.4, 0.5) is 20.6 Å². The Balaban J connectivity index is 2.08. The highest BCUT2D eigenvalue weighted by Crippen LogP contribution is 2.27. The molecule has 1 aliphatic heterocycles. The number of hydrogen-bond acceptors (Lipinski definition) is 6. The van der Waals surface area contributed by atoms with Crippen LogP contribution in [0.15, 0.2) is 18.2 Å². The van der Waals surface area contributed by atoms with Crippen molar-refractivity contribution in [1.82, 2.24) is 5.32 Å². The number of thiocarbonyl (C=S) groups is 1. The molecule has 1 unspecified atom stereocenters. The van der Waals surface area contributed by atoms with Crippen LogP contribution >= 0.6 is 12.2 Å². The molecular weight excluding hydrogens is 349 g/mol. The van der Waals surface area contributed by atoms with Crippen molar-refractivity contribution in [3.05, 3.63) is 24.0 Å². The van der Waals surface area contributed by atoms with E-state index >= 15 is 0 Å². The van der Waals surface area contributed by atoms with Crippen molar-refractivity contribution in [2.24, 2.45) is 5.73 Å². The summed E-state index contributed by atoms with van der Waals surface area (Å²) in [6.45, 7) is 1.16. The minimum absolute atomic E-state index is 0.205. The second-order valence-electron chi connectivity index (χ2n) is 5.24. The normalized spacial score (nSPS) is 16.4. The van der Waals surface area contributed by atoms with E-state index in [9.17, 15) is 9.18 Å². The first-order valence-corrected chi connectivity index (χ1v) is 7.97. The highest BCUT2D eigenvalue weighted by atomic mass is 32.1. The van der Waals surface area contributed by atoms with Gasteiger partial charge in [-0.25, -0.2) is 9.18 Å². The SMILES string of the molecule is COC(=S)NCC1CN(c2ccc(N(C=N)CCN)c(F)c2)C(=O)O1. The van der Waals surface area contributed by atoms with Gasteiger partial charge in [-0.15, -0.1) is 0 Å². The van der Waals surface area contributed by atoms with E-state index in [1.165, 1.54) is 29.0 Å². The number of nitrogens with one attached hydrogen (secondary N) is 2. The topological polar surface area (TPSA) is 104 Å². The number of nitrogens with zero attached hydrogens (tertiary/aromatic N) is 2. The molecule has 0 aromatic heterocycles. The third-order valence-electron chi connectivity index (χ3n) is 3.61. The third kappa shape index (κ3) is 4.54. The molecular formula is C15H20FN5O3S. The first-order chi connectivity index (χ1) is 12.0. The van der Waals surface area contributed by atoms with Crippen LogP contribution in [0.1, 0.15) is 0 Å². The van der Waals surface area contributed by atoms with Crippen molar-refractivity contribution in [1.29, 1.82) is 5.41 Å². The van der Waals surface area contributed by atoms with Crippen LogP contribution in [0.3, 0.4) is 0 Å². The lowest BCUT2D eigenvalue weighted by molar-refractivity contribution is 0.142. The highest BCUT2D eigenvalue weighted by Gasteiger charge is 2.32. The number of rotatable bonds is 7. The van der Waals surface area contributed by atoms with Crippen LogP contribution in [0.5, 0.6) is 0 Å². The quantitative estimate of drug-likeness (QED) is 0.375. The zero-order valence-electron chi connectivity index (χ0n) is 13.7. The molecule has 8 nitrogen and oxygen atoms in total. The lowest BCUT2D eigenvalue weighted by Crippen LogP contribution is -2.34. The number of hydrogen-bond donors (Lipinski definition) is 3. The second kappa shape index (κ2) is 8.58. The van der Waals surface area contributed by atoms with Crippen molar-refractivity contribution in [2.45, 2.75) is 6.10 Å². The molecule has 1 aromatic rings. The molecule has 25 heavy (non-hydrogen) atoms. The Bertz CT molecular complexity index is 660. The summed E-state index contributed by atoms with van der Waals surface area (Å²) in [6.07, 6.45) is 0.0157. The fourth-order valence-corrected chi connectivity index (χ4v) is 2.48. The molecule has 1 atom stereocenters. The van der Waals surface area contributed by atoms with Crippen LogP contribution in [-0.4, -0.2) is 57.0 Å². The molecule has 136 valence electrons. The summed E-state index contributed by atoms with van der Waals surface area (Å²) < 4.78 is 24.4. The van der Waals surface area contributed by atoms with Crippen LogP contribution in [-0.2, 0) is 9.47 Å². The van der Waals surface area contributed by atoms with Crippen molar-refractivity contribution >= 4 is 41.2 Å². The summed E-state index contributed by atoms with van der Waals surface area (Å²) in [7, 11) is 1.44. The molecule has 1 heterocycles. The first-order valence-electron chi connectivity index (χ1n) is 7.57. The Morgan fingerprint density at radius 1 is 1.68 bits per heavy atom. The molecule has 1 saturated heterocycles. The number of amides is 1. The van der Waals surface area contributed by atoms with Crippen molar-refractivity contribution in [3.8, 4) is 0 Å². The molecule has 1 fully saturated rings. The molecule has 2 rings (SSSR count). The Morgan fingerprint density at radius 2 is 2.44 bits per heavy atom. The molecule has 4 N–H and O–H groups in total. The Labute approximate surface area is 150 Å². The summed E-state index contributed by atoms with van der Waals surface area (Å²) in [6, 6.07) is 4.34. The maximum Gasteiger partial charge on any atom is 0.414 e. The summed E-state index contributed by atoms with van der Waals surface area (Å²) >= 11 is 4.86. The van der Waals surface area contributed by atoms with E-state index in [1.807, 2.05) is 0 Å². The molecule has 10 heteroatoms. The van der Waals surface area contributed by atoms with Gasteiger partial charge in [-0.1, -0.05) is 0 Å². The minimum Gasteiger partial charge on any atom is -0.474 e. The minimum atomic E-state index is -0.562. The van der Waals surface area contributed by atoms with E-state index in [-0.39, 0.29) is 24.0 Å². The summed E-state index contributed by atoms with van der Waals surface area (Å²) in [4.78, 5) is 14.7. The third-order valence-corrected chi connectivity index (χ3v) is 3.92. The van der Waals surface area contributed by atoms with Gasteiger partial charge in [0.25, 0.3) is 5.17 Å². The second-order valence-corrected chi connectivity index (χ2v) is 5.61. The molecule has 0 spiro atoms. The molecule has 1 aliphatic rings. The van der Waals surface area contributed by atoms with E-state index in [0.29, 0.717) is 18.8 Å². The summed E-state index contributed by atoms with van der Waals surface area (Å²) in [5, 5.41) is 10.4. The lowest BCUT2D eigenvalue weighted by atomic mass is 10.2. The van der Waals surface area contributed by atoms with Gasteiger partial charge >= 0.3 is 6.09 Å². The van der Waals surface area contributed by atoms with Crippen molar-refractivity contribution in [2.75, 3.05) is 43.1 Å². The lowest BCUT2D eigenvalue weighted by Gasteiger charge is -2.20. The van der Waals surface area contributed by atoms with Gasteiger partial charge in [-0.2, -0.15) is 0 Å². The number of benzene rings is 1. The predicted molar refractivity (Wildman–Crippen MR) is 96.8 cm³/mol. The fourth-order valence-electron chi connectivity index (χ4n) is 2.40. The smallest absolute Gasteiger partial charge is 0.414 e. The van der Waals surface area contributed by atoms with E-state index in [1.54, 1.807) is 6.07 Å². The number of ether oxygens (including phenoxy) is 2. The standard InChI is InChI=1S/C15H20FN5O3S/c1-23-14(25)19-7-11-8-21(15(22)24-11)10-2-3-13(12(16)6-10)20(9-18)5-4-17/h2-3,6,9,11,18H,4-5,7-8,17H2,1H3,(H,19,25). The number of halogens is 1. The van der Waals surface area contributed by atoms with Gasteiger partial charge in [0.2, 0.25) is 0 Å². The van der Waals surface area contributed by atoms with Crippen LogP contribution < -0.4 is 20.9 Å². The number of methoxy groups -OCH3 is 1. The van der Waals surface area contributed by atoms with Crippen LogP contribution in [0.2, 0.25) is 0 Å². The number of carbonyl (C=O) groups excluding carboxylic acids is 1. The van der Waals surface area contributed by atoms with Gasteiger partial charge < -0.3 is 25.4 Å². The first kappa shape index (κ1) is 18.9. The molecule has 0 radical (unpaired) electrons. The largest absolute Gasteiger partial charge is 0.474 e. The van der Waals surface area contributed by atoms with Gasteiger partial charge in [-0.05, 0) is 30.4 Å². The average molecular weight is 369 g/mol. The highest BCUT2D eigenvalue weighted by molar-refractivity contribution is 7.80. The number of carbonyl (C=O) groups is 1. The van der Waals surface area contributed by atoms with Crippen molar-refractivity contribution < 1.29 is 18.7 Å². The van der Waals surface area contributed by atoms with Gasteiger partial charge in [0.1, 0.15) is 11.9 Å². The predicted octanol–water partition coefficient (Wildman–Crippen LogP) is 1.04. The maximum absolute atomic E-state index is 14.4. The molecule has 0 saturated carbocycles. The Hall–Kier alpha value is -2.46. The number of cyclic esters (lactones) is 1. The van der Waals surface area contributed by atoms with Gasteiger partial charge in [-0.3, -0.25) is 10.3 Å². The van der Waals surface area contributed by atoms with E-state index in [0.717, 1.165) is 6.34 Å².